The van der Waals surface area contributed by atoms with E-state index in [-0.39, 0.29) is 0 Å². The van der Waals surface area contributed by atoms with Crippen molar-refractivity contribution in [1.82, 2.24) is 0 Å². The van der Waals surface area contributed by atoms with Crippen LogP contribution in [0.2, 0.25) is 10.0 Å². The van der Waals surface area contributed by atoms with Gasteiger partial charge in [-0.15, -0.1) is 0 Å². The van der Waals surface area contributed by atoms with Crippen LogP contribution in [0.15, 0.2) is 16.6 Å². The summed E-state index contributed by atoms with van der Waals surface area (Å²) < 4.78 is 6.40. The van der Waals surface area contributed by atoms with Crippen LogP contribution in [0.3, 0.4) is 0 Å². The number of hydrogen-bond acceptors (Lipinski definition) is 2. The Labute approximate surface area is 120 Å². The fourth-order valence-corrected chi connectivity index (χ4v) is 3.26. The van der Waals surface area contributed by atoms with Crippen LogP contribution < -0.4 is 5.32 Å². The third-order valence-electron chi connectivity index (χ3n) is 2.85. The lowest BCUT2D eigenvalue weighted by Gasteiger charge is -2.36. The minimum atomic E-state index is 0.380. The highest BCUT2D eigenvalue weighted by Crippen LogP contribution is 2.36. The third kappa shape index (κ3) is 3.28. The van der Waals surface area contributed by atoms with Crippen molar-refractivity contribution in [2.75, 3.05) is 11.9 Å². The van der Waals surface area contributed by atoms with Crippen LogP contribution in [0.5, 0.6) is 0 Å². The van der Waals surface area contributed by atoms with Gasteiger partial charge in [0.15, 0.2) is 0 Å². The van der Waals surface area contributed by atoms with Crippen LogP contribution in [-0.2, 0) is 4.74 Å². The Morgan fingerprint density at radius 3 is 2.47 bits per heavy atom. The van der Waals surface area contributed by atoms with Gasteiger partial charge in [0.25, 0.3) is 0 Å². The SMILES string of the molecule is CCOC1CC(Nc2c(Cl)cc(Br)cc2Cl)C1. The van der Waals surface area contributed by atoms with E-state index in [0.29, 0.717) is 22.2 Å². The van der Waals surface area contributed by atoms with Gasteiger partial charge in [0, 0.05) is 17.1 Å². The Hall–Kier alpha value is 0.0400. The van der Waals surface area contributed by atoms with E-state index in [1.54, 1.807) is 0 Å². The van der Waals surface area contributed by atoms with Crippen molar-refractivity contribution in [2.45, 2.75) is 31.9 Å². The lowest BCUT2D eigenvalue weighted by atomic mass is 9.89. The molecule has 1 fully saturated rings. The molecule has 0 aliphatic heterocycles. The summed E-state index contributed by atoms with van der Waals surface area (Å²) in [6, 6.07) is 4.09. The van der Waals surface area contributed by atoms with E-state index in [4.69, 9.17) is 27.9 Å². The molecular weight excluding hydrogens is 325 g/mol. The predicted octanol–water partition coefficient (Wildman–Crippen LogP) is 4.74. The highest BCUT2D eigenvalue weighted by atomic mass is 79.9. The Morgan fingerprint density at radius 1 is 1.35 bits per heavy atom. The smallest absolute Gasteiger partial charge is 0.0721 e. The van der Waals surface area contributed by atoms with Crippen LogP contribution >= 0.6 is 39.1 Å². The summed E-state index contributed by atoms with van der Waals surface area (Å²) in [5.74, 6) is 0. The molecule has 0 aromatic heterocycles. The molecule has 2 nitrogen and oxygen atoms in total. The topological polar surface area (TPSA) is 21.3 Å². The molecular formula is C12H14BrCl2NO. The first-order chi connectivity index (χ1) is 8.10. The quantitative estimate of drug-likeness (QED) is 0.856. The number of ether oxygens (including phenoxy) is 1. The predicted molar refractivity (Wildman–Crippen MR) is 76.2 cm³/mol. The van der Waals surface area contributed by atoms with Gasteiger partial charge >= 0.3 is 0 Å². The standard InChI is InChI=1S/C12H14BrCl2NO/c1-2-17-9-5-8(6-9)16-12-10(14)3-7(13)4-11(12)15/h3-4,8-9,16H,2,5-6H2,1H3. The fourth-order valence-electron chi connectivity index (χ4n) is 1.94. The maximum absolute atomic E-state index is 6.15. The number of anilines is 1. The van der Waals surface area contributed by atoms with Crippen molar-refractivity contribution < 1.29 is 4.74 Å². The van der Waals surface area contributed by atoms with Gasteiger partial charge in [-0.1, -0.05) is 39.1 Å². The van der Waals surface area contributed by atoms with Crippen LogP contribution in [0.4, 0.5) is 5.69 Å². The summed E-state index contributed by atoms with van der Waals surface area (Å²) in [6.45, 7) is 2.79. The van der Waals surface area contributed by atoms with E-state index in [9.17, 15) is 0 Å². The average Bonchev–Trinajstić information content (AvgIpc) is 2.18. The molecule has 0 atom stereocenters. The van der Waals surface area contributed by atoms with Crippen molar-refractivity contribution in [3.8, 4) is 0 Å². The molecule has 0 unspecified atom stereocenters. The maximum Gasteiger partial charge on any atom is 0.0721 e. The van der Waals surface area contributed by atoms with E-state index < -0.39 is 0 Å². The number of nitrogens with one attached hydrogen (secondary N) is 1. The maximum atomic E-state index is 6.15. The zero-order chi connectivity index (χ0) is 12.4. The number of benzene rings is 1. The number of halogens is 3. The summed E-state index contributed by atoms with van der Waals surface area (Å²) in [5, 5.41) is 4.65. The highest BCUT2D eigenvalue weighted by molar-refractivity contribution is 9.10. The summed E-state index contributed by atoms with van der Waals surface area (Å²) in [5.41, 5.74) is 0.816. The van der Waals surface area contributed by atoms with E-state index in [1.807, 2.05) is 19.1 Å². The number of hydrogen-bond donors (Lipinski definition) is 1. The second-order valence-corrected chi connectivity index (χ2v) is 5.86. The summed E-state index contributed by atoms with van der Waals surface area (Å²) in [7, 11) is 0. The fraction of sp³-hybridized carbons (Fsp3) is 0.500. The Bertz CT molecular complexity index is 384. The van der Waals surface area contributed by atoms with Crippen LogP contribution in [-0.4, -0.2) is 18.8 Å². The zero-order valence-corrected chi connectivity index (χ0v) is 12.6. The van der Waals surface area contributed by atoms with E-state index in [2.05, 4.69) is 21.2 Å². The van der Waals surface area contributed by atoms with Crippen molar-refractivity contribution in [2.24, 2.45) is 0 Å². The van der Waals surface area contributed by atoms with E-state index >= 15 is 0 Å². The second kappa shape index (κ2) is 5.79. The van der Waals surface area contributed by atoms with Crippen molar-refractivity contribution in [1.29, 1.82) is 0 Å². The van der Waals surface area contributed by atoms with Gasteiger partial charge in [-0.25, -0.2) is 0 Å². The molecule has 1 aliphatic carbocycles. The van der Waals surface area contributed by atoms with Gasteiger partial charge < -0.3 is 10.1 Å². The molecule has 0 saturated heterocycles. The molecule has 0 bridgehead atoms. The lowest BCUT2D eigenvalue weighted by molar-refractivity contribution is 0.00299. The van der Waals surface area contributed by atoms with Crippen LogP contribution in [0.25, 0.3) is 0 Å². The van der Waals surface area contributed by atoms with Crippen molar-refractivity contribution in [3.63, 3.8) is 0 Å². The molecule has 1 N–H and O–H groups in total. The number of rotatable bonds is 4. The molecule has 0 radical (unpaired) electrons. The molecule has 1 aliphatic rings. The summed E-state index contributed by atoms with van der Waals surface area (Å²) in [4.78, 5) is 0. The molecule has 5 heteroatoms. The molecule has 1 saturated carbocycles. The third-order valence-corrected chi connectivity index (χ3v) is 3.91. The molecule has 0 amide bonds. The van der Waals surface area contributed by atoms with Gasteiger partial charge in [0.1, 0.15) is 0 Å². The minimum absolute atomic E-state index is 0.380. The lowest BCUT2D eigenvalue weighted by Crippen LogP contribution is -2.40. The molecule has 17 heavy (non-hydrogen) atoms. The highest BCUT2D eigenvalue weighted by Gasteiger charge is 2.30. The Balaban J connectivity index is 1.97. The van der Waals surface area contributed by atoms with Crippen molar-refractivity contribution >= 4 is 44.8 Å². The second-order valence-electron chi connectivity index (χ2n) is 4.13. The van der Waals surface area contributed by atoms with E-state index in [0.717, 1.165) is 29.6 Å². The first kappa shape index (κ1) is 13.5. The normalized spacial score (nSPS) is 23.3. The van der Waals surface area contributed by atoms with Gasteiger partial charge in [-0.2, -0.15) is 0 Å². The van der Waals surface area contributed by atoms with Crippen molar-refractivity contribution in [3.05, 3.63) is 26.7 Å². The molecule has 1 aromatic rings. The Morgan fingerprint density at radius 2 is 1.94 bits per heavy atom. The molecule has 0 spiro atoms. The molecule has 94 valence electrons. The Kier molecular flexibility index (Phi) is 4.59. The van der Waals surface area contributed by atoms with E-state index in [1.165, 1.54) is 0 Å². The molecule has 2 rings (SSSR count). The monoisotopic (exact) mass is 337 g/mol. The molecule has 1 aromatic carbocycles. The van der Waals surface area contributed by atoms with Gasteiger partial charge in [-0.05, 0) is 31.9 Å². The zero-order valence-electron chi connectivity index (χ0n) is 9.47. The molecule has 0 heterocycles. The van der Waals surface area contributed by atoms with Crippen LogP contribution in [0.1, 0.15) is 19.8 Å². The summed E-state index contributed by atoms with van der Waals surface area (Å²) in [6.07, 6.45) is 2.40. The van der Waals surface area contributed by atoms with Crippen LogP contribution in [0, 0.1) is 0 Å². The van der Waals surface area contributed by atoms with Gasteiger partial charge in [0.05, 0.1) is 21.8 Å². The first-order valence-corrected chi connectivity index (χ1v) is 7.17. The van der Waals surface area contributed by atoms with Gasteiger partial charge in [-0.3, -0.25) is 0 Å². The average molecular weight is 339 g/mol. The van der Waals surface area contributed by atoms with Gasteiger partial charge in [0.2, 0.25) is 0 Å². The first-order valence-electron chi connectivity index (χ1n) is 5.62. The summed E-state index contributed by atoms with van der Waals surface area (Å²) >= 11 is 15.7. The minimum Gasteiger partial charge on any atom is -0.380 e. The largest absolute Gasteiger partial charge is 0.380 e.